The van der Waals surface area contributed by atoms with Gasteiger partial charge in [0.05, 0.1) is 24.8 Å². The average Bonchev–Trinajstić information content (AvgIpc) is 2.59. The lowest BCUT2D eigenvalue weighted by molar-refractivity contribution is -0.114. The summed E-state index contributed by atoms with van der Waals surface area (Å²) in [7, 11) is -0.773. The highest BCUT2D eigenvalue weighted by Crippen LogP contribution is 2.27. The van der Waals surface area contributed by atoms with Crippen LogP contribution in [0.4, 0.5) is 5.69 Å². The van der Waals surface area contributed by atoms with Crippen LogP contribution in [0, 0.1) is 0 Å². The fourth-order valence-electron chi connectivity index (χ4n) is 2.19. The van der Waals surface area contributed by atoms with E-state index in [1.54, 1.807) is 31.4 Å². The summed E-state index contributed by atoms with van der Waals surface area (Å²) >= 11 is 0. The topological polar surface area (TPSA) is 93.7 Å². The molecule has 2 rings (SSSR count). The lowest BCUT2D eigenvalue weighted by atomic mass is 10.2. The highest BCUT2D eigenvalue weighted by atomic mass is 32.2. The Hall–Kier alpha value is -2.58. The predicted molar refractivity (Wildman–Crippen MR) is 94.3 cm³/mol. The molecule has 8 heteroatoms. The summed E-state index contributed by atoms with van der Waals surface area (Å²) in [5.74, 6) is 0.702. The van der Waals surface area contributed by atoms with Crippen molar-refractivity contribution in [3.8, 4) is 11.5 Å². The zero-order valence-corrected chi connectivity index (χ0v) is 15.0. The highest BCUT2D eigenvalue weighted by Gasteiger charge is 2.17. The summed E-state index contributed by atoms with van der Waals surface area (Å²) in [5, 5.41) is 2.55. The number of ether oxygens (including phenoxy) is 2. The van der Waals surface area contributed by atoms with Crippen molar-refractivity contribution in [1.82, 2.24) is 4.72 Å². The van der Waals surface area contributed by atoms with Crippen LogP contribution in [0.2, 0.25) is 0 Å². The largest absolute Gasteiger partial charge is 0.497 e. The molecule has 0 aromatic heterocycles. The fraction of sp³-hybridized carbons (Fsp3) is 0.235. The Morgan fingerprint density at radius 2 is 1.84 bits per heavy atom. The molecule has 0 aliphatic heterocycles. The second-order valence-electron chi connectivity index (χ2n) is 5.22. The Bertz CT molecular complexity index is 865. The smallest absolute Gasteiger partial charge is 0.240 e. The molecule has 0 radical (unpaired) electrons. The molecule has 0 heterocycles. The third-order valence-corrected chi connectivity index (χ3v) is 4.79. The second-order valence-corrected chi connectivity index (χ2v) is 6.99. The molecule has 0 spiro atoms. The van der Waals surface area contributed by atoms with Crippen LogP contribution in [0.1, 0.15) is 12.5 Å². The molecule has 7 nitrogen and oxygen atoms in total. The number of carbonyl (C=O) groups is 1. The Kier molecular flexibility index (Phi) is 6.00. The maximum Gasteiger partial charge on any atom is 0.240 e. The van der Waals surface area contributed by atoms with Gasteiger partial charge in [0.2, 0.25) is 15.9 Å². The molecule has 2 aromatic carbocycles. The lowest BCUT2D eigenvalue weighted by Crippen LogP contribution is -2.23. The molecular weight excluding hydrogens is 344 g/mol. The standard InChI is InChI=1S/C17H20N2O5S/c1-12(20)19-16-10-15(7-8-17(16)24-3)25(21,22)18-11-13-5-4-6-14(9-13)23-2/h4-10,18H,11H2,1-3H3,(H,19,20). The van der Waals surface area contributed by atoms with Crippen LogP contribution >= 0.6 is 0 Å². The molecular formula is C17H20N2O5S. The minimum Gasteiger partial charge on any atom is -0.497 e. The molecule has 2 N–H and O–H groups in total. The van der Waals surface area contributed by atoms with Crippen LogP contribution in [-0.2, 0) is 21.4 Å². The van der Waals surface area contributed by atoms with E-state index in [0.29, 0.717) is 17.2 Å². The van der Waals surface area contributed by atoms with E-state index < -0.39 is 10.0 Å². The van der Waals surface area contributed by atoms with Crippen LogP contribution in [0.15, 0.2) is 47.4 Å². The first-order valence-corrected chi connectivity index (χ1v) is 8.92. The normalized spacial score (nSPS) is 11.0. The van der Waals surface area contributed by atoms with Gasteiger partial charge in [-0.1, -0.05) is 12.1 Å². The fourth-order valence-corrected chi connectivity index (χ4v) is 3.23. The number of anilines is 1. The number of hydrogen-bond acceptors (Lipinski definition) is 5. The summed E-state index contributed by atoms with van der Waals surface area (Å²) in [6, 6.07) is 11.4. The van der Waals surface area contributed by atoms with Gasteiger partial charge in [0, 0.05) is 13.5 Å². The quantitative estimate of drug-likeness (QED) is 0.785. The van der Waals surface area contributed by atoms with Gasteiger partial charge in [-0.2, -0.15) is 0 Å². The van der Waals surface area contributed by atoms with Gasteiger partial charge in [0.1, 0.15) is 11.5 Å². The minimum atomic E-state index is -3.76. The van der Waals surface area contributed by atoms with Gasteiger partial charge in [-0.25, -0.2) is 13.1 Å². The van der Waals surface area contributed by atoms with Crippen molar-refractivity contribution in [2.24, 2.45) is 0 Å². The number of amides is 1. The van der Waals surface area contributed by atoms with Crippen molar-refractivity contribution >= 4 is 21.6 Å². The van der Waals surface area contributed by atoms with Crippen LogP contribution in [0.3, 0.4) is 0 Å². The molecule has 0 atom stereocenters. The zero-order valence-electron chi connectivity index (χ0n) is 14.2. The Labute approximate surface area is 147 Å². The predicted octanol–water partition coefficient (Wildman–Crippen LogP) is 2.14. The minimum absolute atomic E-state index is 0.0277. The molecule has 1 amide bonds. The second kappa shape index (κ2) is 8.00. The average molecular weight is 364 g/mol. The third kappa shape index (κ3) is 4.94. The number of rotatable bonds is 7. The monoisotopic (exact) mass is 364 g/mol. The molecule has 134 valence electrons. The van der Waals surface area contributed by atoms with Crippen molar-refractivity contribution in [1.29, 1.82) is 0 Å². The van der Waals surface area contributed by atoms with Gasteiger partial charge in [0.25, 0.3) is 0 Å². The number of carbonyl (C=O) groups excluding carboxylic acids is 1. The highest BCUT2D eigenvalue weighted by molar-refractivity contribution is 7.89. The van der Waals surface area contributed by atoms with Gasteiger partial charge >= 0.3 is 0 Å². The van der Waals surface area contributed by atoms with Gasteiger partial charge in [-0.3, -0.25) is 4.79 Å². The molecule has 0 fully saturated rings. The maximum absolute atomic E-state index is 12.5. The maximum atomic E-state index is 12.5. The summed E-state index contributed by atoms with van der Waals surface area (Å²) < 4.78 is 37.8. The first-order chi connectivity index (χ1) is 11.9. The number of sulfonamides is 1. The lowest BCUT2D eigenvalue weighted by Gasteiger charge is -2.12. The van der Waals surface area contributed by atoms with Gasteiger partial charge in [0.15, 0.2) is 0 Å². The molecule has 0 aliphatic carbocycles. The van der Waals surface area contributed by atoms with E-state index in [0.717, 1.165) is 5.56 Å². The molecule has 0 saturated heterocycles. The number of benzene rings is 2. The zero-order chi connectivity index (χ0) is 18.4. The van der Waals surface area contributed by atoms with Crippen molar-refractivity contribution < 1.29 is 22.7 Å². The van der Waals surface area contributed by atoms with Crippen molar-refractivity contribution in [3.63, 3.8) is 0 Å². The van der Waals surface area contributed by atoms with Gasteiger partial charge in [-0.05, 0) is 35.9 Å². The molecule has 0 saturated carbocycles. The van der Waals surface area contributed by atoms with E-state index in [2.05, 4.69) is 10.0 Å². The Balaban J connectivity index is 2.22. The van der Waals surface area contributed by atoms with Crippen molar-refractivity contribution in [3.05, 3.63) is 48.0 Å². The third-order valence-electron chi connectivity index (χ3n) is 3.39. The van der Waals surface area contributed by atoms with E-state index in [4.69, 9.17) is 9.47 Å². The SMILES string of the molecule is COc1cccc(CNS(=O)(=O)c2ccc(OC)c(NC(C)=O)c2)c1. The molecule has 0 unspecified atom stereocenters. The van der Waals surface area contributed by atoms with Crippen LogP contribution < -0.4 is 19.5 Å². The van der Waals surface area contributed by atoms with Gasteiger partial charge in [-0.15, -0.1) is 0 Å². The summed E-state index contributed by atoms with van der Waals surface area (Å²) in [4.78, 5) is 11.3. The molecule has 0 aliphatic rings. The Morgan fingerprint density at radius 3 is 2.48 bits per heavy atom. The molecule has 2 aromatic rings. The summed E-state index contributed by atoms with van der Waals surface area (Å²) in [5.41, 5.74) is 1.05. The number of nitrogens with one attached hydrogen (secondary N) is 2. The van der Waals surface area contributed by atoms with E-state index in [-0.39, 0.29) is 17.3 Å². The van der Waals surface area contributed by atoms with E-state index in [1.807, 2.05) is 0 Å². The summed E-state index contributed by atoms with van der Waals surface area (Å²) in [6.07, 6.45) is 0. The molecule has 25 heavy (non-hydrogen) atoms. The van der Waals surface area contributed by atoms with Crippen molar-refractivity contribution in [2.75, 3.05) is 19.5 Å². The first kappa shape index (κ1) is 18.8. The first-order valence-electron chi connectivity index (χ1n) is 7.44. The van der Waals surface area contributed by atoms with Crippen molar-refractivity contribution in [2.45, 2.75) is 18.4 Å². The van der Waals surface area contributed by atoms with Gasteiger partial charge < -0.3 is 14.8 Å². The Morgan fingerprint density at radius 1 is 1.08 bits per heavy atom. The van der Waals surface area contributed by atoms with Crippen LogP contribution in [0.25, 0.3) is 0 Å². The number of hydrogen-bond donors (Lipinski definition) is 2. The number of methoxy groups -OCH3 is 2. The van der Waals surface area contributed by atoms with E-state index in [9.17, 15) is 13.2 Å². The van der Waals surface area contributed by atoms with E-state index in [1.165, 1.54) is 32.2 Å². The van der Waals surface area contributed by atoms with Crippen LogP contribution in [0.5, 0.6) is 11.5 Å². The van der Waals surface area contributed by atoms with E-state index >= 15 is 0 Å². The molecule has 0 bridgehead atoms. The van der Waals surface area contributed by atoms with Crippen LogP contribution in [-0.4, -0.2) is 28.5 Å². The summed E-state index contributed by atoms with van der Waals surface area (Å²) in [6.45, 7) is 1.45.